The molecule has 0 atom stereocenters. The first-order valence-electron chi connectivity index (χ1n) is 6.31. The first-order chi connectivity index (χ1) is 9.87. The molecule has 0 aliphatic carbocycles. The third-order valence-electron chi connectivity index (χ3n) is 3.12. The third kappa shape index (κ3) is 3.59. The maximum atomic E-state index is 12.4. The number of nitrogen functional groups attached to an aromatic ring is 1. The van der Waals surface area contributed by atoms with E-state index in [1.807, 2.05) is 31.4 Å². The summed E-state index contributed by atoms with van der Waals surface area (Å²) in [5.41, 5.74) is 2.39. The second kappa shape index (κ2) is 6.10. The highest BCUT2D eigenvalue weighted by atomic mass is 32.2. The maximum Gasteiger partial charge on any atom is 0.244 e. The van der Waals surface area contributed by atoms with Crippen molar-refractivity contribution >= 4 is 27.0 Å². The molecule has 0 bridgehead atoms. The number of anilines is 1. The van der Waals surface area contributed by atoms with E-state index in [0.29, 0.717) is 5.69 Å². The molecule has 0 saturated carbocycles. The van der Waals surface area contributed by atoms with E-state index in [1.54, 1.807) is 11.3 Å². The van der Waals surface area contributed by atoms with Gasteiger partial charge in [0.05, 0.1) is 5.69 Å². The first-order valence-corrected chi connectivity index (χ1v) is 8.67. The number of nitrogens with zero attached hydrogens (tertiary/aromatic N) is 1. The highest BCUT2D eigenvalue weighted by Crippen LogP contribution is 2.27. The second-order valence-electron chi connectivity index (χ2n) is 5.20. The van der Waals surface area contributed by atoms with E-state index in [-0.39, 0.29) is 16.9 Å². The molecular formula is C13H18N4O2S2. The zero-order valence-electron chi connectivity index (χ0n) is 11.8. The van der Waals surface area contributed by atoms with Crippen molar-refractivity contribution in [1.29, 1.82) is 0 Å². The number of hydrogen-bond acceptors (Lipinski definition) is 6. The number of rotatable bonds is 6. The number of sulfonamides is 1. The Balaban J connectivity index is 2.19. The van der Waals surface area contributed by atoms with E-state index in [2.05, 4.69) is 15.1 Å². The van der Waals surface area contributed by atoms with Crippen LogP contribution in [0.25, 0.3) is 0 Å². The highest BCUT2D eigenvalue weighted by molar-refractivity contribution is 7.89. The van der Waals surface area contributed by atoms with Crippen molar-refractivity contribution < 1.29 is 8.42 Å². The molecule has 0 saturated heterocycles. The van der Waals surface area contributed by atoms with Crippen LogP contribution in [0.1, 0.15) is 18.7 Å². The van der Waals surface area contributed by atoms with Crippen molar-refractivity contribution in [3.8, 4) is 0 Å². The van der Waals surface area contributed by atoms with Crippen molar-refractivity contribution in [2.75, 3.05) is 12.0 Å². The predicted molar refractivity (Wildman–Crippen MR) is 84.6 cm³/mol. The van der Waals surface area contributed by atoms with Crippen molar-refractivity contribution in [2.24, 2.45) is 5.84 Å². The van der Waals surface area contributed by atoms with Gasteiger partial charge in [-0.2, -0.15) is 0 Å². The van der Waals surface area contributed by atoms with Crippen LogP contribution in [0.15, 0.2) is 40.9 Å². The Morgan fingerprint density at radius 1 is 1.38 bits per heavy atom. The van der Waals surface area contributed by atoms with Gasteiger partial charge in [0, 0.05) is 29.2 Å². The van der Waals surface area contributed by atoms with Crippen molar-refractivity contribution in [3.63, 3.8) is 0 Å². The Bertz CT molecular complexity index is 697. The summed E-state index contributed by atoms with van der Waals surface area (Å²) in [6.45, 7) is 4.27. The summed E-state index contributed by atoms with van der Waals surface area (Å²) in [7, 11) is -3.68. The number of hydrogen-bond donors (Lipinski definition) is 3. The van der Waals surface area contributed by atoms with Crippen LogP contribution in [0.5, 0.6) is 0 Å². The molecule has 0 fully saturated rings. The van der Waals surface area contributed by atoms with Crippen LogP contribution in [0, 0.1) is 0 Å². The number of nitrogens with two attached hydrogens (primary N) is 1. The first kappa shape index (κ1) is 15.9. The maximum absolute atomic E-state index is 12.4. The standard InChI is InChI=1S/C13H18N4O2S2/c1-13(2,12-4-3-7-20-12)9-16-21(18,19)11-8-15-6-5-10(11)17-14/h3-8,16H,9,14H2,1-2H3,(H,15,17). The van der Waals surface area contributed by atoms with E-state index in [1.165, 1.54) is 18.5 Å². The Morgan fingerprint density at radius 2 is 2.14 bits per heavy atom. The lowest BCUT2D eigenvalue weighted by atomic mass is 9.92. The van der Waals surface area contributed by atoms with Gasteiger partial charge in [0.25, 0.3) is 0 Å². The predicted octanol–water partition coefficient (Wildman–Crippen LogP) is 1.68. The van der Waals surface area contributed by atoms with Gasteiger partial charge >= 0.3 is 0 Å². The van der Waals surface area contributed by atoms with E-state index in [0.717, 1.165) is 4.88 Å². The number of nitrogens with one attached hydrogen (secondary N) is 2. The Hall–Kier alpha value is -1.48. The lowest BCUT2D eigenvalue weighted by molar-refractivity contribution is 0.509. The van der Waals surface area contributed by atoms with Crippen molar-refractivity contribution in [1.82, 2.24) is 9.71 Å². The molecule has 2 rings (SSSR count). The van der Waals surface area contributed by atoms with Crippen LogP contribution >= 0.6 is 11.3 Å². The Kier molecular flexibility index (Phi) is 4.62. The van der Waals surface area contributed by atoms with E-state index < -0.39 is 10.0 Å². The molecule has 4 N–H and O–H groups in total. The molecule has 114 valence electrons. The fourth-order valence-corrected chi connectivity index (χ4v) is 3.99. The molecule has 0 aromatic carbocycles. The molecule has 0 aliphatic rings. The lowest BCUT2D eigenvalue weighted by Gasteiger charge is -2.23. The van der Waals surface area contributed by atoms with Crippen LogP contribution in [-0.2, 0) is 15.4 Å². The topological polar surface area (TPSA) is 97.1 Å². The zero-order chi connectivity index (χ0) is 15.5. The number of pyridine rings is 1. The molecule has 0 unspecified atom stereocenters. The van der Waals surface area contributed by atoms with Crippen LogP contribution in [0.3, 0.4) is 0 Å². The minimum atomic E-state index is -3.68. The fraction of sp³-hybridized carbons (Fsp3) is 0.308. The number of aromatic nitrogens is 1. The third-order valence-corrected chi connectivity index (χ3v) is 5.79. The normalized spacial score (nSPS) is 12.3. The molecule has 0 aliphatic heterocycles. The molecule has 21 heavy (non-hydrogen) atoms. The lowest BCUT2D eigenvalue weighted by Crippen LogP contribution is -2.36. The SMILES string of the molecule is CC(C)(CNS(=O)(=O)c1cnccc1NN)c1cccs1. The molecule has 2 aromatic heterocycles. The molecule has 0 spiro atoms. The van der Waals surface area contributed by atoms with Crippen LogP contribution in [-0.4, -0.2) is 19.9 Å². The second-order valence-corrected chi connectivity index (χ2v) is 7.88. The quantitative estimate of drug-likeness (QED) is 0.554. The molecular weight excluding hydrogens is 308 g/mol. The summed E-state index contributed by atoms with van der Waals surface area (Å²) in [5.74, 6) is 5.34. The number of hydrazine groups is 1. The fourth-order valence-electron chi connectivity index (χ4n) is 1.82. The monoisotopic (exact) mass is 326 g/mol. The van der Waals surface area contributed by atoms with Crippen molar-refractivity contribution in [2.45, 2.75) is 24.2 Å². The van der Waals surface area contributed by atoms with E-state index in [9.17, 15) is 8.42 Å². The van der Waals surface area contributed by atoms with Gasteiger partial charge in [-0.3, -0.25) is 10.8 Å². The summed E-state index contributed by atoms with van der Waals surface area (Å²) in [6, 6.07) is 5.46. The van der Waals surface area contributed by atoms with Gasteiger partial charge in [-0.1, -0.05) is 19.9 Å². The zero-order valence-corrected chi connectivity index (χ0v) is 13.5. The van der Waals surface area contributed by atoms with Crippen LogP contribution in [0.4, 0.5) is 5.69 Å². The van der Waals surface area contributed by atoms with Gasteiger partial charge < -0.3 is 5.43 Å². The highest BCUT2D eigenvalue weighted by Gasteiger charge is 2.26. The van der Waals surface area contributed by atoms with Crippen LogP contribution < -0.4 is 16.0 Å². The average molecular weight is 326 g/mol. The smallest absolute Gasteiger partial charge is 0.244 e. The summed E-state index contributed by atoms with van der Waals surface area (Å²) in [4.78, 5) is 5.00. The van der Waals surface area contributed by atoms with Crippen molar-refractivity contribution in [3.05, 3.63) is 40.8 Å². The Labute approximate surface area is 128 Å². The van der Waals surface area contributed by atoms with Gasteiger partial charge in [-0.05, 0) is 17.5 Å². The summed E-state index contributed by atoms with van der Waals surface area (Å²) < 4.78 is 27.4. The molecule has 6 nitrogen and oxygen atoms in total. The summed E-state index contributed by atoms with van der Waals surface area (Å²) in [6.07, 6.45) is 2.75. The largest absolute Gasteiger partial charge is 0.323 e. The van der Waals surface area contributed by atoms with Gasteiger partial charge in [0.2, 0.25) is 10.0 Å². The van der Waals surface area contributed by atoms with Gasteiger partial charge in [-0.25, -0.2) is 13.1 Å². The van der Waals surface area contributed by atoms with Gasteiger partial charge in [0.1, 0.15) is 4.90 Å². The summed E-state index contributed by atoms with van der Waals surface area (Å²) >= 11 is 1.60. The van der Waals surface area contributed by atoms with E-state index in [4.69, 9.17) is 5.84 Å². The minimum Gasteiger partial charge on any atom is -0.323 e. The average Bonchev–Trinajstić information content (AvgIpc) is 3.00. The Morgan fingerprint density at radius 3 is 2.76 bits per heavy atom. The molecule has 2 aromatic rings. The molecule has 2 heterocycles. The van der Waals surface area contributed by atoms with Gasteiger partial charge in [0.15, 0.2) is 0 Å². The molecule has 0 radical (unpaired) electrons. The number of thiophene rings is 1. The molecule has 0 amide bonds. The molecule has 8 heteroatoms. The van der Waals surface area contributed by atoms with E-state index >= 15 is 0 Å². The minimum absolute atomic E-state index is 0.0366. The summed E-state index contributed by atoms with van der Waals surface area (Å²) in [5, 5.41) is 1.98. The van der Waals surface area contributed by atoms with Gasteiger partial charge in [-0.15, -0.1) is 11.3 Å². The van der Waals surface area contributed by atoms with Crippen LogP contribution in [0.2, 0.25) is 0 Å².